The maximum atomic E-state index is 12.0. The molecule has 0 aliphatic carbocycles. The summed E-state index contributed by atoms with van der Waals surface area (Å²) < 4.78 is 5.17. The first-order chi connectivity index (χ1) is 8.20. The number of hydrogen-bond donors (Lipinski definition) is 1. The number of ether oxygens (including phenoxy) is 1. The van der Waals surface area contributed by atoms with Crippen molar-refractivity contribution in [1.29, 1.82) is 0 Å². The third-order valence-corrected chi connectivity index (χ3v) is 2.79. The molecule has 0 saturated heterocycles. The van der Waals surface area contributed by atoms with Crippen LogP contribution in [0.1, 0.15) is 22.3 Å². The summed E-state index contributed by atoms with van der Waals surface area (Å²) in [4.78, 5) is 16.2. The highest BCUT2D eigenvalue weighted by atomic mass is 16.5. The standard InChI is InChI=1S/C13H16N2O2/c1-9-7-10(3-4-12(9)17-2)11(16)8-13-14-5-6-15-13/h3-4,7H,5-6,8H2,1-2H3,(H,14,15). The fraction of sp³-hybridized carbons (Fsp3) is 0.385. The van der Waals surface area contributed by atoms with Gasteiger partial charge < -0.3 is 10.1 Å². The van der Waals surface area contributed by atoms with Crippen molar-refractivity contribution >= 4 is 11.6 Å². The minimum absolute atomic E-state index is 0.0869. The van der Waals surface area contributed by atoms with Gasteiger partial charge in [0.1, 0.15) is 11.6 Å². The van der Waals surface area contributed by atoms with Crippen LogP contribution < -0.4 is 10.1 Å². The summed E-state index contributed by atoms with van der Waals surface area (Å²) in [5.41, 5.74) is 1.68. The van der Waals surface area contributed by atoms with Crippen molar-refractivity contribution in [2.24, 2.45) is 4.99 Å². The Morgan fingerprint density at radius 2 is 2.35 bits per heavy atom. The summed E-state index contributed by atoms with van der Waals surface area (Å²) >= 11 is 0. The lowest BCUT2D eigenvalue weighted by Gasteiger charge is -2.07. The molecule has 0 fully saturated rings. The van der Waals surface area contributed by atoms with E-state index in [4.69, 9.17) is 4.74 Å². The zero-order chi connectivity index (χ0) is 12.3. The number of methoxy groups -OCH3 is 1. The monoisotopic (exact) mass is 232 g/mol. The van der Waals surface area contributed by atoms with Crippen molar-refractivity contribution in [3.63, 3.8) is 0 Å². The van der Waals surface area contributed by atoms with Crippen LogP contribution in [0.5, 0.6) is 5.75 Å². The minimum atomic E-state index is 0.0869. The van der Waals surface area contributed by atoms with Crippen LogP contribution in [0.15, 0.2) is 23.2 Å². The Bertz CT molecular complexity index is 466. The third-order valence-electron chi connectivity index (χ3n) is 2.79. The first-order valence-corrected chi connectivity index (χ1v) is 5.66. The van der Waals surface area contributed by atoms with Gasteiger partial charge in [-0.05, 0) is 30.7 Å². The Labute approximate surface area is 101 Å². The summed E-state index contributed by atoms with van der Waals surface area (Å²) in [6, 6.07) is 5.48. The fourth-order valence-electron chi connectivity index (χ4n) is 1.87. The number of carbonyl (C=O) groups excluding carboxylic acids is 1. The second kappa shape index (κ2) is 4.99. The lowest BCUT2D eigenvalue weighted by molar-refractivity contribution is 0.1000. The molecule has 1 aromatic carbocycles. The second-order valence-corrected chi connectivity index (χ2v) is 4.04. The highest BCUT2D eigenvalue weighted by Gasteiger charge is 2.13. The largest absolute Gasteiger partial charge is 0.496 e. The van der Waals surface area contributed by atoms with Crippen molar-refractivity contribution in [2.45, 2.75) is 13.3 Å². The smallest absolute Gasteiger partial charge is 0.170 e. The van der Waals surface area contributed by atoms with Crippen LogP contribution in [-0.4, -0.2) is 31.8 Å². The van der Waals surface area contributed by atoms with Gasteiger partial charge in [-0.2, -0.15) is 0 Å². The molecule has 0 spiro atoms. The SMILES string of the molecule is COc1ccc(C(=O)CC2=NCCN2)cc1C. The zero-order valence-corrected chi connectivity index (χ0v) is 10.1. The lowest BCUT2D eigenvalue weighted by Crippen LogP contribution is -2.21. The van der Waals surface area contributed by atoms with Crippen LogP contribution in [0.2, 0.25) is 0 Å². The fourth-order valence-corrected chi connectivity index (χ4v) is 1.87. The number of carbonyl (C=O) groups is 1. The van der Waals surface area contributed by atoms with Gasteiger partial charge in [-0.25, -0.2) is 0 Å². The van der Waals surface area contributed by atoms with E-state index in [0.29, 0.717) is 12.0 Å². The average molecular weight is 232 g/mol. The first-order valence-electron chi connectivity index (χ1n) is 5.66. The van der Waals surface area contributed by atoms with Crippen LogP contribution in [0.25, 0.3) is 0 Å². The number of benzene rings is 1. The van der Waals surface area contributed by atoms with E-state index in [1.807, 2.05) is 19.1 Å². The van der Waals surface area contributed by atoms with E-state index in [1.54, 1.807) is 13.2 Å². The van der Waals surface area contributed by atoms with E-state index in [-0.39, 0.29) is 5.78 Å². The Kier molecular flexibility index (Phi) is 3.42. The van der Waals surface area contributed by atoms with E-state index >= 15 is 0 Å². The molecule has 2 rings (SSSR count). The molecule has 0 atom stereocenters. The molecule has 0 aromatic heterocycles. The molecule has 1 aliphatic rings. The van der Waals surface area contributed by atoms with E-state index in [2.05, 4.69) is 10.3 Å². The molecule has 1 heterocycles. The first kappa shape index (κ1) is 11.6. The van der Waals surface area contributed by atoms with E-state index in [9.17, 15) is 4.79 Å². The molecule has 0 saturated carbocycles. The second-order valence-electron chi connectivity index (χ2n) is 4.04. The molecule has 17 heavy (non-hydrogen) atoms. The number of ketones is 1. The van der Waals surface area contributed by atoms with Gasteiger partial charge in [0.2, 0.25) is 0 Å². The van der Waals surface area contributed by atoms with Crippen LogP contribution in [0.3, 0.4) is 0 Å². The minimum Gasteiger partial charge on any atom is -0.496 e. The molecule has 0 unspecified atom stereocenters. The predicted octanol–water partition coefficient (Wildman–Crippen LogP) is 1.58. The molecule has 1 N–H and O–H groups in total. The van der Waals surface area contributed by atoms with Crippen LogP contribution in [0, 0.1) is 6.92 Å². The topological polar surface area (TPSA) is 50.7 Å². The zero-order valence-electron chi connectivity index (χ0n) is 10.1. The average Bonchev–Trinajstić information content (AvgIpc) is 2.81. The summed E-state index contributed by atoms with van der Waals surface area (Å²) in [7, 11) is 1.63. The highest BCUT2D eigenvalue weighted by Crippen LogP contribution is 2.19. The third kappa shape index (κ3) is 2.64. The number of aryl methyl sites for hydroxylation is 1. The van der Waals surface area contributed by atoms with Crippen molar-refractivity contribution in [3.8, 4) is 5.75 Å². The quantitative estimate of drug-likeness (QED) is 0.802. The molecule has 0 radical (unpaired) electrons. The van der Waals surface area contributed by atoms with Crippen LogP contribution >= 0.6 is 0 Å². The lowest BCUT2D eigenvalue weighted by atomic mass is 10.0. The highest BCUT2D eigenvalue weighted by molar-refractivity contribution is 6.09. The van der Waals surface area contributed by atoms with Crippen LogP contribution in [0.4, 0.5) is 0 Å². The Balaban J connectivity index is 2.11. The molecule has 4 nitrogen and oxygen atoms in total. The predicted molar refractivity (Wildman–Crippen MR) is 67.0 cm³/mol. The normalized spacial score (nSPS) is 14.1. The maximum Gasteiger partial charge on any atom is 0.170 e. The summed E-state index contributed by atoms with van der Waals surface area (Å²) in [5.74, 6) is 1.69. The number of nitrogens with zero attached hydrogens (tertiary/aromatic N) is 1. The Morgan fingerprint density at radius 1 is 1.53 bits per heavy atom. The van der Waals surface area contributed by atoms with Crippen molar-refractivity contribution in [2.75, 3.05) is 20.2 Å². The van der Waals surface area contributed by atoms with Crippen molar-refractivity contribution < 1.29 is 9.53 Å². The molecular formula is C13H16N2O2. The summed E-state index contributed by atoms with van der Waals surface area (Å²) in [5, 5.41) is 3.10. The van der Waals surface area contributed by atoms with Crippen LogP contribution in [-0.2, 0) is 0 Å². The van der Waals surface area contributed by atoms with E-state index in [1.165, 1.54) is 0 Å². The Hall–Kier alpha value is -1.84. The number of nitrogens with one attached hydrogen (secondary N) is 1. The Morgan fingerprint density at radius 3 is 2.94 bits per heavy atom. The van der Waals surface area contributed by atoms with Gasteiger partial charge in [0.05, 0.1) is 20.1 Å². The van der Waals surface area contributed by atoms with Gasteiger partial charge in [-0.3, -0.25) is 9.79 Å². The molecule has 1 aromatic rings. The van der Waals surface area contributed by atoms with Gasteiger partial charge in [-0.15, -0.1) is 0 Å². The number of amidine groups is 1. The molecule has 0 amide bonds. The van der Waals surface area contributed by atoms with Gasteiger partial charge in [0.15, 0.2) is 5.78 Å². The molecule has 90 valence electrons. The molecule has 1 aliphatic heterocycles. The van der Waals surface area contributed by atoms with E-state index in [0.717, 1.165) is 30.2 Å². The number of Topliss-reactive ketones (excluding diaryl/α,β-unsaturated/α-hetero) is 1. The molecule has 4 heteroatoms. The van der Waals surface area contributed by atoms with Gasteiger partial charge in [-0.1, -0.05) is 0 Å². The number of aliphatic imine (C=N–C) groups is 1. The molecular weight excluding hydrogens is 216 g/mol. The van der Waals surface area contributed by atoms with E-state index < -0.39 is 0 Å². The van der Waals surface area contributed by atoms with Crippen molar-refractivity contribution in [1.82, 2.24) is 5.32 Å². The molecule has 0 bridgehead atoms. The maximum absolute atomic E-state index is 12.0. The summed E-state index contributed by atoms with van der Waals surface area (Å²) in [6.45, 7) is 3.54. The van der Waals surface area contributed by atoms with Gasteiger partial charge in [0.25, 0.3) is 0 Å². The van der Waals surface area contributed by atoms with Gasteiger partial charge in [0, 0.05) is 12.1 Å². The van der Waals surface area contributed by atoms with Gasteiger partial charge >= 0.3 is 0 Å². The summed E-state index contributed by atoms with van der Waals surface area (Å²) in [6.07, 6.45) is 0.353. The number of hydrogen-bond acceptors (Lipinski definition) is 4. The number of rotatable bonds is 4. The van der Waals surface area contributed by atoms with Crippen molar-refractivity contribution in [3.05, 3.63) is 29.3 Å².